The molecule has 0 fully saturated rings. The largest absolute Gasteiger partial charge is 0.486 e. The smallest absolute Gasteiger partial charge is 0.248 e. The van der Waals surface area contributed by atoms with Crippen LogP contribution >= 0.6 is 22.9 Å². The van der Waals surface area contributed by atoms with E-state index in [0.717, 1.165) is 5.01 Å². The highest BCUT2D eigenvalue weighted by Crippen LogP contribution is 2.22. The highest BCUT2D eigenvalue weighted by Gasteiger charge is 2.10. The van der Waals surface area contributed by atoms with Gasteiger partial charge in [-0.1, -0.05) is 17.7 Å². The number of thiazole rings is 1. The number of hydrogen-bond acceptors (Lipinski definition) is 7. The molecule has 0 atom stereocenters. The van der Waals surface area contributed by atoms with Crippen LogP contribution in [0.25, 0.3) is 0 Å². The molecular weight excluding hydrogens is 476 g/mol. The normalized spacial score (nSPS) is 10.5. The van der Waals surface area contributed by atoms with Crippen LogP contribution in [-0.2, 0) is 17.8 Å². The van der Waals surface area contributed by atoms with Crippen LogP contribution in [0.5, 0.6) is 17.4 Å². The molecule has 2 amide bonds. The van der Waals surface area contributed by atoms with Gasteiger partial charge in [0, 0.05) is 22.0 Å². The summed E-state index contributed by atoms with van der Waals surface area (Å²) in [5.41, 5.74) is 6.78. The van der Waals surface area contributed by atoms with Crippen molar-refractivity contribution in [3.05, 3.63) is 93.5 Å². The third-order valence-corrected chi connectivity index (χ3v) is 5.60. The van der Waals surface area contributed by atoms with Crippen molar-refractivity contribution in [1.82, 2.24) is 9.97 Å². The van der Waals surface area contributed by atoms with E-state index in [1.807, 2.05) is 5.38 Å². The number of benzene rings is 2. The lowest BCUT2D eigenvalue weighted by Gasteiger charge is -2.07. The summed E-state index contributed by atoms with van der Waals surface area (Å²) < 4.78 is 11.3. The Bertz CT molecular complexity index is 1290. The maximum Gasteiger partial charge on any atom is 0.248 e. The highest BCUT2D eigenvalue weighted by atomic mass is 35.5. The first-order valence-electron chi connectivity index (χ1n) is 10.1. The standard InChI is InChI=1S/C24H19ClN4O4S/c25-16-4-7-19(8-5-16)32-13-23-29-18(14-34-23)11-21(30)28-17-6-9-22(27-12-17)33-20-3-1-2-15(10-20)24(26)31/h1-10,12,14H,11,13H2,(H2,26,31)(H,28,30). The van der Waals surface area contributed by atoms with Crippen molar-refractivity contribution in [1.29, 1.82) is 0 Å². The minimum Gasteiger partial charge on any atom is -0.486 e. The van der Waals surface area contributed by atoms with E-state index in [2.05, 4.69) is 15.3 Å². The number of nitrogens with two attached hydrogens (primary N) is 1. The van der Waals surface area contributed by atoms with Gasteiger partial charge >= 0.3 is 0 Å². The number of nitrogens with one attached hydrogen (secondary N) is 1. The Labute approximate surface area is 204 Å². The summed E-state index contributed by atoms with van der Waals surface area (Å²) in [6.45, 7) is 0.307. The molecule has 0 saturated heterocycles. The number of carbonyl (C=O) groups is 2. The van der Waals surface area contributed by atoms with E-state index in [9.17, 15) is 9.59 Å². The molecule has 2 aromatic heterocycles. The van der Waals surface area contributed by atoms with E-state index >= 15 is 0 Å². The second kappa shape index (κ2) is 10.8. The van der Waals surface area contributed by atoms with E-state index in [1.165, 1.54) is 23.6 Å². The number of hydrogen-bond donors (Lipinski definition) is 2. The Hall–Kier alpha value is -3.95. The number of primary amides is 1. The molecule has 8 nitrogen and oxygen atoms in total. The SMILES string of the molecule is NC(=O)c1cccc(Oc2ccc(NC(=O)Cc3csc(COc4ccc(Cl)cc4)n3)cn2)c1. The molecule has 4 aromatic rings. The molecule has 2 aromatic carbocycles. The molecular formula is C24H19ClN4O4S. The number of halogens is 1. The van der Waals surface area contributed by atoms with Crippen molar-refractivity contribution in [3.63, 3.8) is 0 Å². The molecule has 4 rings (SSSR count). The van der Waals surface area contributed by atoms with Crippen molar-refractivity contribution in [2.24, 2.45) is 5.73 Å². The fourth-order valence-corrected chi connectivity index (χ4v) is 3.72. The first kappa shape index (κ1) is 23.2. The molecule has 0 aliphatic carbocycles. The molecule has 2 heterocycles. The molecule has 3 N–H and O–H groups in total. The van der Waals surface area contributed by atoms with E-state index in [4.69, 9.17) is 26.8 Å². The van der Waals surface area contributed by atoms with Crippen LogP contribution in [0, 0.1) is 0 Å². The zero-order valence-corrected chi connectivity index (χ0v) is 19.3. The van der Waals surface area contributed by atoms with Crippen molar-refractivity contribution >= 4 is 40.4 Å². The quantitative estimate of drug-likeness (QED) is 0.344. The van der Waals surface area contributed by atoms with Crippen molar-refractivity contribution in [2.45, 2.75) is 13.0 Å². The fraction of sp³-hybridized carbons (Fsp3) is 0.0833. The van der Waals surface area contributed by atoms with Crippen LogP contribution in [0.3, 0.4) is 0 Å². The predicted molar refractivity (Wildman–Crippen MR) is 130 cm³/mol. The molecule has 0 unspecified atom stereocenters. The van der Waals surface area contributed by atoms with Gasteiger partial charge in [0.2, 0.25) is 17.7 Å². The van der Waals surface area contributed by atoms with Gasteiger partial charge in [-0.05, 0) is 48.5 Å². The highest BCUT2D eigenvalue weighted by molar-refractivity contribution is 7.09. The molecule has 0 bridgehead atoms. The number of nitrogens with zero attached hydrogens (tertiary/aromatic N) is 2. The second-order valence-corrected chi connectivity index (χ2v) is 8.46. The Balaban J connectivity index is 1.27. The Kier molecular flexibility index (Phi) is 7.36. The maximum absolute atomic E-state index is 12.4. The lowest BCUT2D eigenvalue weighted by molar-refractivity contribution is -0.115. The average Bonchev–Trinajstić information content (AvgIpc) is 3.27. The topological polar surface area (TPSA) is 116 Å². The van der Waals surface area contributed by atoms with Crippen molar-refractivity contribution in [2.75, 3.05) is 5.32 Å². The summed E-state index contributed by atoms with van der Waals surface area (Å²) in [6, 6.07) is 16.8. The van der Waals surface area contributed by atoms with Gasteiger partial charge in [0.15, 0.2) is 0 Å². The number of amides is 2. The third kappa shape index (κ3) is 6.53. The van der Waals surface area contributed by atoms with E-state index in [0.29, 0.717) is 46.0 Å². The van der Waals surface area contributed by atoms with Gasteiger partial charge in [-0.15, -0.1) is 11.3 Å². The first-order valence-corrected chi connectivity index (χ1v) is 11.4. The summed E-state index contributed by atoms with van der Waals surface area (Å²) >= 11 is 7.29. The number of rotatable bonds is 9. The van der Waals surface area contributed by atoms with Crippen LogP contribution in [0.4, 0.5) is 5.69 Å². The van der Waals surface area contributed by atoms with E-state index < -0.39 is 5.91 Å². The minimum atomic E-state index is -0.544. The Morgan fingerprint density at radius 3 is 2.62 bits per heavy atom. The van der Waals surface area contributed by atoms with Gasteiger partial charge < -0.3 is 20.5 Å². The van der Waals surface area contributed by atoms with Crippen molar-refractivity contribution in [3.8, 4) is 17.4 Å². The van der Waals surface area contributed by atoms with Crippen molar-refractivity contribution < 1.29 is 19.1 Å². The number of pyridine rings is 1. The predicted octanol–water partition coefficient (Wildman–Crippen LogP) is 4.84. The molecule has 0 aliphatic rings. The van der Waals surface area contributed by atoms with Crippen LogP contribution in [0.1, 0.15) is 21.1 Å². The summed E-state index contributed by atoms with van der Waals surface area (Å²) in [6.07, 6.45) is 1.60. The molecule has 172 valence electrons. The van der Waals surface area contributed by atoms with E-state index in [-0.39, 0.29) is 12.3 Å². The number of anilines is 1. The number of aromatic nitrogens is 2. The first-order chi connectivity index (χ1) is 16.4. The van der Waals surface area contributed by atoms with E-state index in [1.54, 1.807) is 54.6 Å². The number of carbonyl (C=O) groups excluding carboxylic acids is 2. The molecule has 0 radical (unpaired) electrons. The zero-order chi connectivity index (χ0) is 23.9. The minimum absolute atomic E-state index is 0.121. The Morgan fingerprint density at radius 1 is 1.06 bits per heavy atom. The third-order valence-electron chi connectivity index (χ3n) is 4.48. The lowest BCUT2D eigenvalue weighted by atomic mass is 10.2. The van der Waals surface area contributed by atoms with Gasteiger partial charge in [0.25, 0.3) is 0 Å². The molecule has 10 heteroatoms. The van der Waals surface area contributed by atoms with Gasteiger partial charge in [0.05, 0.1) is 24.0 Å². The summed E-state index contributed by atoms with van der Waals surface area (Å²) in [7, 11) is 0. The second-order valence-electron chi connectivity index (χ2n) is 7.08. The average molecular weight is 495 g/mol. The van der Waals surface area contributed by atoms with Crippen LogP contribution in [0.15, 0.2) is 72.2 Å². The number of ether oxygens (including phenoxy) is 2. The lowest BCUT2D eigenvalue weighted by Crippen LogP contribution is -2.14. The van der Waals surface area contributed by atoms with Gasteiger partial charge in [-0.2, -0.15) is 0 Å². The Morgan fingerprint density at radius 2 is 1.88 bits per heavy atom. The van der Waals surface area contributed by atoms with Crippen LogP contribution in [0.2, 0.25) is 5.02 Å². The summed E-state index contributed by atoms with van der Waals surface area (Å²) in [5.74, 6) is 0.668. The van der Waals surface area contributed by atoms with Gasteiger partial charge in [0.1, 0.15) is 23.1 Å². The maximum atomic E-state index is 12.4. The van der Waals surface area contributed by atoms with Gasteiger partial charge in [-0.25, -0.2) is 9.97 Å². The summed E-state index contributed by atoms with van der Waals surface area (Å²) in [5, 5.41) is 6.02. The van der Waals surface area contributed by atoms with Crippen LogP contribution < -0.4 is 20.5 Å². The fourth-order valence-electron chi connectivity index (χ4n) is 2.89. The van der Waals surface area contributed by atoms with Gasteiger partial charge in [-0.3, -0.25) is 9.59 Å². The van der Waals surface area contributed by atoms with Crippen LogP contribution in [-0.4, -0.2) is 21.8 Å². The summed E-state index contributed by atoms with van der Waals surface area (Å²) in [4.78, 5) is 32.3. The monoisotopic (exact) mass is 494 g/mol. The molecule has 34 heavy (non-hydrogen) atoms. The molecule has 0 spiro atoms. The zero-order valence-electron chi connectivity index (χ0n) is 17.7. The molecule has 0 saturated carbocycles. The molecule has 0 aliphatic heterocycles.